The molecular formula is C16H17N4O3. The topological polar surface area (TPSA) is 108 Å². The molecule has 7 nitrogen and oxygen atoms in total. The van der Waals surface area contributed by atoms with E-state index in [0.29, 0.717) is 24.9 Å². The quantitative estimate of drug-likeness (QED) is 0.736. The second kappa shape index (κ2) is 7.40. The van der Waals surface area contributed by atoms with Gasteiger partial charge in [0.15, 0.2) is 0 Å². The molecule has 2 N–H and O–H groups in total. The van der Waals surface area contributed by atoms with Gasteiger partial charge in [-0.1, -0.05) is 12.1 Å². The zero-order valence-corrected chi connectivity index (χ0v) is 12.5. The second-order valence-corrected chi connectivity index (χ2v) is 5.27. The fraction of sp³-hybridized carbons (Fsp3) is 0.312. The Morgan fingerprint density at radius 3 is 2.57 bits per heavy atom. The third kappa shape index (κ3) is 4.07. The van der Waals surface area contributed by atoms with Gasteiger partial charge in [0.25, 0.3) is 0 Å². The van der Waals surface area contributed by atoms with Crippen LogP contribution in [-0.4, -0.2) is 53.7 Å². The lowest BCUT2D eigenvalue weighted by Gasteiger charge is -2.38. The highest BCUT2D eigenvalue weighted by atomic mass is 16.2. The largest absolute Gasteiger partial charge is 0.368 e. The van der Waals surface area contributed by atoms with Crippen molar-refractivity contribution in [2.45, 2.75) is 12.5 Å². The number of amides is 3. The van der Waals surface area contributed by atoms with Gasteiger partial charge in [0.1, 0.15) is 6.04 Å². The first-order valence-electron chi connectivity index (χ1n) is 7.16. The van der Waals surface area contributed by atoms with Gasteiger partial charge < -0.3 is 15.5 Å². The number of piperazine rings is 1. The zero-order chi connectivity index (χ0) is 16.8. The Kier molecular flexibility index (Phi) is 5.31. The third-order valence-corrected chi connectivity index (χ3v) is 3.77. The summed E-state index contributed by atoms with van der Waals surface area (Å²) in [6, 6.07) is 8.14. The summed E-state index contributed by atoms with van der Waals surface area (Å²) in [6.45, 7) is 0.772. The Balaban J connectivity index is 1.97. The maximum Gasteiger partial charge on any atom is 0.242 e. The van der Waals surface area contributed by atoms with Gasteiger partial charge in [-0.15, -0.1) is 0 Å². The van der Waals surface area contributed by atoms with Crippen LogP contribution in [0.15, 0.2) is 24.3 Å². The Hall–Kier alpha value is -2.88. The molecule has 1 radical (unpaired) electrons. The van der Waals surface area contributed by atoms with E-state index >= 15 is 0 Å². The molecule has 1 atom stereocenters. The summed E-state index contributed by atoms with van der Waals surface area (Å²) in [5.74, 6) is -0.916. The minimum atomic E-state index is -0.807. The number of nitriles is 1. The fourth-order valence-corrected chi connectivity index (χ4v) is 2.44. The van der Waals surface area contributed by atoms with Crippen LogP contribution in [0, 0.1) is 17.8 Å². The van der Waals surface area contributed by atoms with Gasteiger partial charge in [0, 0.05) is 19.6 Å². The summed E-state index contributed by atoms with van der Waals surface area (Å²) in [5, 5.41) is 8.75. The predicted octanol–water partition coefficient (Wildman–Crippen LogP) is -0.540. The number of nitrogens with two attached hydrogens (primary N) is 1. The van der Waals surface area contributed by atoms with Gasteiger partial charge in [0.2, 0.25) is 18.2 Å². The second-order valence-electron chi connectivity index (χ2n) is 5.27. The summed E-state index contributed by atoms with van der Waals surface area (Å²) in [5.41, 5.74) is 6.77. The maximum atomic E-state index is 12.3. The molecule has 1 heterocycles. The molecule has 0 spiro atoms. The average molecular weight is 313 g/mol. The number of hydrogen-bond donors (Lipinski definition) is 1. The smallest absolute Gasteiger partial charge is 0.242 e. The van der Waals surface area contributed by atoms with Crippen molar-refractivity contribution in [1.29, 1.82) is 5.26 Å². The lowest BCUT2D eigenvalue weighted by Crippen LogP contribution is -2.59. The maximum absolute atomic E-state index is 12.3. The van der Waals surface area contributed by atoms with Gasteiger partial charge in [-0.3, -0.25) is 14.4 Å². The lowest BCUT2D eigenvalue weighted by atomic mass is 10.1. The predicted molar refractivity (Wildman–Crippen MR) is 81.5 cm³/mol. The average Bonchev–Trinajstić information content (AvgIpc) is 2.59. The number of rotatable bonds is 5. The van der Waals surface area contributed by atoms with Crippen LogP contribution in [0.25, 0.3) is 0 Å². The number of nitrogens with zero attached hydrogens (tertiary/aromatic N) is 3. The first kappa shape index (κ1) is 16.5. The van der Waals surface area contributed by atoms with E-state index in [0.717, 1.165) is 5.56 Å². The van der Waals surface area contributed by atoms with Crippen LogP contribution in [0.1, 0.15) is 11.1 Å². The molecule has 119 valence electrons. The Morgan fingerprint density at radius 1 is 1.30 bits per heavy atom. The van der Waals surface area contributed by atoms with E-state index in [-0.39, 0.29) is 19.0 Å². The van der Waals surface area contributed by atoms with E-state index in [1.54, 1.807) is 24.3 Å². The summed E-state index contributed by atoms with van der Waals surface area (Å²) >= 11 is 0. The zero-order valence-electron chi connectivity index (χ0n) is 12.5. The van der Waals surface area contributed by atoms with E-state index in [1.807, 2.05) is 6.07 Å². The Bertz CT molecular complexity index is 636. The van der Waals surface area contributed by atoms with E-state index in [1.165, 1.54) is 16.2 Å². The van der Waals surface area contributed by atoms with Gasteiger partial charge >= 0.3 is 0 Å². The molecule has 1 aliphatic rings. The van der Waals surface area contributed by atoms with Gasteiger partial charge in [0.05, 0.1) is 18.1 Å². The normalized spacial score (nSPS) is 17.4. The summed E-state index contributed by atoms with van der Waals surface area (Å²) in [6.07, 6.45) is 2.52. The highest BCUT2D eigenvalue weighted by molar-refractivity contribution is 5.91. The third-order valence-electron chi connectivity index (χ3n) is 3.77. The monoisotopic (exact) mass is 313 g/mol. The van der Waals surface area contributed by atoms with Crippen LogP contribution in [0.5, 0.6) is 0 Å². The number of primary amides is 1. The highest BCUT2D eigenvalue weighted by Gasteiger charge is 2.33. The van der Waals surface area contributed by atoms with E-state index < -0.39 is 11.9 Å². The minimum Gasteiger partial charge on any atom is -0.368 e. The molecule has 0 bridgehead atoms. The van der Waals surface area contributed by atoms with Crippen LogP contribution >= 0.6 is 0 Å². The first-order valence-corrected chi connectivity index (χ1v) is 7.16. The summed E-state index contributed by atoms with van der Waals surface area (Å²) < 4.78 is 0. The van der Waals surface area contributed by atoms with Crippen molar-refractivity contribution in [3.63, 3.8) is 0 Å². The van der Waals surface area contributed by atoms with Gasteiger partial charge in [-0.05, 0) is 24.1 Å². The molecule has 1 aromatic rings. The number of benzene rings is 1. The van der Waals surface area contributed by atoms with Crippen molar-refractivity contribution in [2.75, 3.05) is 19.6 Å². The highest BCUT2D eigenvalue weighted by Crippen LogP contribution is 2.12. The van der Waals surface area contributed by atoms with Crippen molar-refractivity contribution in [3.05, 3.63) is 41.8 Å². The Morgan fingerprint density at radius 2 is 2.00 bits per heavy atom. The fourth-order valence-electron chi connectivity index (χ4n) is 2.44. The van der Waals surface area contributed by atoms with Crippen LogP contribution in [0.3, 0.4) is 0 Å². The van der Waals surface area contributed by atoms with Crippen molar-refractivity contribution >= 4 is 18.2 Å². The van der Waals surface area contributed by atoms with Crippen LogP contribution < -0.4 is 5.73 Å². The summed E-state index contributed by atoms with van der Waals surface area (Å²) in [7, 11) is 0. The van der Waals surface area contributed by atoms with Gasteiger partial charge in [-0.25, -0.2) is 0 Å². The number of hydrogen-bond acceptors (Lipinski definition) is 4. The number of carbonyl (C=O) groups excluding carboxylic acids is 3. The van der Waals surface area contributed by atoms with Crippen molar-refractivity contribution < 1.29 is 14.4 Å². The molecule has 3 amide bonds. The molecule has 1 aliphatic heterocycles. The molecule has 0 saturated carbocycles. The van der Waals surface area contributed by atoms with Crippen LogP contribution in [0.4, 0.5) is 0 Å². The van der Waals surface area contributed by atoms with E-state index in [9.17, 15) is 14.4 Å². The van der Waals surface area contributed by atoms with E-state index in [4.69, 9.17) is 11.0 Å². The molecule has 1 saturated heterocycles. The molecule has 1 fully saturated rings. The van der Waals surface area contributed by atoms with Crippen LogP contribution in [0.2, 0.25) is 0 Å². The van der Waals surface area contributed by atoms with Gasteiger partial charge in [-0.2, -0.15) is 5.26 Å². The molecule has 23 heavy (non-hydrogen) atoms. The lowest BCUT2D eigenvalue weighted by molar-refractivity contribution is -0.142. The van der Waals surface area contributed by atoms with Crippen LogP contribution in [-0.2, 0) is 20.8 Å². The SMILES string of the molecule is N#Cc1ccc(C[CH]C(=O)N2CCN(C=O)CC2C(N)=O)cc1. The van der Waals surface area contributed by atoms with Crippen molar-refractivity contribution in [3.8, 4) is 6.07 Å². The Labute approximate surface area is 134 Å². The molecule has 7 heteroatoms. The summed E-state index contributed by atoms with van der Waals surface area (Å²) in [4.78, 5) is 37.5. The molecule has 1 aromatic carbocycles. The van der Waals surface area contributed by atoms with Crippen molar-refractivity contribution in [2.24, 2.45) is 5.73 Å². The molecular weight excluding hydrogens is 296 g/mol. The standard InChI is InChI=1S/C16H17N4O3/c17-9-13-3-1-12(2-4-13)5-6-15(22)20-8-7-19(11-21)10-14(20)16(18)23/h1-4,6,11,14H,5,7-8,10H2,(H2,18,23). The molecule has 1 unspecified atom stereocenters. The molecule has 0 aromatic heterocycles. The van der Waals surface area contributed by atoms with E-state index in [2.05, 4.69) is 0 Å². The first-order chi connectivity index (χ1) is 11.0. The molecule has 0 aliphatic carbocycles. The number of carbonyl (C=O) groups is 3. The minimum absolute atomic E-state index is 0.120. The van der Waals surface area contributed by atoms with Crippen molar-refractivity contribution in [1.82, 2.24) is 9.80 Å². The molecule has 2 rings (SSSR count).